The third-order valence-corrected chi connectivity index (χ3v) is 25.4. The maximum absolute atomic E-state index is 3.93. The maximum atomic E-state index is 3.93. The lowest BCUT2D eigenvalue weighted by Crippen LogP contribution is -2.43. The molecule has 2 heteroatoms. The molecule has 0 radical (unpaired) electrons. The first-order chi connectivity index (χ1) is 27.2. The number of rotatable bonds is 6. The molecule has 2 aromatic carbocycles. The molecule has 60 heavy (non-hydrogen) atoms. The molecular formula is C58H84Si2. The molecule has 324 valence electrons. The van der Waals surface area contributed by atoms with Crippen LogP contribution in [0.5, 0.6) is 0 Å². The molecule has 0 bridgehead atoms. The molecule has 0 aliphatic carbocycles. The summed E-state index contributed by atoms with van der Waals surface area (Å²) in [6.45, 7) is 55.5. The van der Waals surface area contributed by atoms with E-state index in [9.17, 15) is 0 Å². The van der Waals surface area contributed by atoms with Crippen molar-refractivity contribution in [1.29, 1.82) is 0 Å². The van der Waals surface area contributed by atoms with Crippen LogP contribution in [-0.2, 0) is 21.7 Å². The van der Waals surface area contributed by atoms with Gasteiger partial charge in [-0.05, 0) is 125 Å². The van der Waals surface area contributed by atoms with Crippen LogP contribution in [0.4, 0.5) is 0 Å². The highest BCUT2D eigenvalue weighted by molar-refractivity contribution is 6.91. The fourth-order valence-corrected chi connectivity index (χ4v) is 19.3. The van der Waals surface area contributed by atoms with Gasteiger partial charge >= 0.3 is 0 Å². The Kier molecular flexibility index (Phi) is 17.6. The van der Waals surface area contributed by atoms with Gasteiger partial charge in [0.25, 0.3) is 0 Å². The van der Waals surface area contributed by atoms with Crippen molar-refractivity contribution in [2.45, 2.75) is 221 Å². The van der Waals surface area contributed by atoms with Gasteiger partial charge in [0.2, 0.25) is 0 Å². The van der Waals surface area contributed by atoms with Gasteiger partial charge in [0.1, 0.15) is 27.3 Å². The lowest BCUT2D eigenvalue weighted by molar-refractivity contribution is 0.567. The molecule has 0 atom stereocenters. The Morgan fingerprint density at radius 1 is 0.350 bits per heavy atom. The standard InChI is InChI=1S/C58H84Si2/c1-41(2)59(42(3)4,43(5)6)33-31-47(27-29-49-35-51(55(13,14)15)39-52(36-49)56(16,17)18)25-26-48(32-34-60(44(7)8,45(9)10)46(11)12)28-30-50-37-53(57(19,20)21)40-54(38-50)58(22,23)24/h35-46H,1-24H3. The van der Waals surface area contributed by atoms with Gasteiger partial charge < -0.3 is 0 Å². The summed E-state index contributed by atoms with van der Waals surface area (Å²) in [5.74, 6) is 21.5. The molecule has 2 rings (SSSR count). The van der Waals surface area contributed by atoms with E-state index in [4.69, 9.17) is 0 Å². The van der Waals surface area contributed by atoms with Gasteiger partial charge in [-0.15, -0.1) is 11.1 Å². The molecule has 2 aromatic rings. The van der Waals surface area contributed by atoms with Crippen molar-refractivity contribution in [3.05, 3.63) is 92.4 Å². The molecule has 0 saturated carbocycles. The van der Waals surface area contributed by atoms with Crippen LogP contribution in [0.2, 0.25) is 33.2 Å². The van der Waals surface area contributed by atoms with Crippen LogP contribution in [0.3, 0.4) is 0 Å². The molecule has 0 saturated heterocycles. The Labute approximate surface area is 374 Å². The highest BCUT2D eigenvalue weighted by Crippen LogP contribution is 2.42. The van der Waals surface area contributed by atoms with Gasteiger partial charge in [0.15, 0.2) is 0 Å². The summed E-state index contributed by atoms with van der Waals surface area (Å²) in [4.78, 5) is 0. The van der Waals surface area contributed by atoms with Crippen LogP contribution in [-0.4, -0.2) is 16.1 Å². The molecule has 0 nitrogen and oxygen atoms in total. The van der Waals surface area contributed by atoms with Crippen LogP contribution < -0.4 is 0 Å². The highest BCUT2D eigenvalue weighted by Gasteiger charge is 2.42. The second-order valence-electron chi connectivity index (χ2n) is 23.4. The van der Waals surface area contributed by atoms with Crippen molar-refractivity contribution in [2.75, 3.05) is 0 Å². The summed E-state index contributed by atoms with van der Waals surface area (Å²) < 4.78 is 0. The average molecular weight is 837 g/mol. The van der Waals surface area contributed by atoms with E-state index in [1.807, 2.05) is 0 Å². The Hall–Kier alpha value is -3.59. The quantitative estimate of drug-likeness (QED) is 0.154. The summed E-state index contributed by atoms with van der Waals surface area (Å²) in [5.41, 5.74) is 26.2. The Balaban J connectivity index is 3.35. The normalized spacial score (nSPS) is 12.6. The number of hydrogen-bond donors (Lipinski definition) is 0. The lowest BCUT2D eigenvalue weighted by atomic mass is 9.79. The van der Waals surface area contributed by atoms with Gasteiger partial charge in [-0.3, -0.25) is 0 Å². The lowest BCUT2D eigenvalue weighted by Gasteiger charge is -2.38. The predicted octanol–water partition coefficient (Wildman–Crippen LogP) is 16.3. The van der Waals surface area contributed by atoms with Crippen LogP contribution >= 0.6 is 0 Å². The van der Waals surface area contributed by atoms with Gasteiger partial charge in [-0.25, -0.2) is 0 Å². The largest absolute Gasteiger partial charge is 0.146 e. The van der Waals surface area contributed by atoms with Crippen molar-refractivity contribution < 1.29 is 0 Å². The van der Waals surface area contributed by atoms with Crippen LogP contribution in [0, 0.1) is 46.6 Å². The summed E-state index contributed by atoms with van der Waals surface area (Å²) in [6, 6.07) is 13.7. The number of hydrogen-bond acceptors (Lipinski definition) is 0. The number of benzene rings is 2. The topological polar surface area (TPSA) is 0 Å². The zero-order valence-electron chi connectivity index (χ0n) is 42.9. The number of allylic oxidation sites excluding steroid dienone is 2. The van der Waals surface area contributed by atoms with Crippen LogP contribution in [0.25, 0.3) is 0 Å². The van der Waals surface area contributed by atoms with Crippen LogP contribution in [0.15, 0.2) is 59.0 Å². The molecule has 0 aliphatic heterocycles. The SMILES string of the molecule is CC(C)[Si](C#CC(=C=C=C(C#Cc1cc(C(C)(C)C)cc(C(C)(C)C)c1)C#C[Si](C(C)C)(C(C)C)C(C)C)C#Cc1cc(C(C)(C)C)cc(C(C)(C)C)c1)(C(C)C)C(C)C. The van der Waals surface area contributed by atoms with Crippen molar-refractivity contribution in [1.82, 2.24) is 0 Å². The van der Waals surface area contributed by atoms with Crippen molar-refractivity contribution >= 4 is 16.1 Å². The van der Waals surface area contributed by atoms with E-state index in [0.717, 1.165) is 11.1 Å². The monoisotopic (exact) mass is 837 g/mol. The van der Waals surface area contributed by atoms with E-state index in [2.05, 4.69) is 261 Å². The molecule has 0 fully saturated rings. The molecule has 0 heterocycles. The van der Waals surface area contributed by atoms with Gasteiger partial charge in [0, 0.05) is 11.1 Å². The van der Waals surface area contributed by atoms with Crippen molar-refractivity contribution in [2.24, 2.45) is 0 Å². The average Bonchev–Trinajstić information content (AvgIpc) is 3.08. The molecule has 0 amide bonds. The van der Waals surface area contributed by atoms with Crippen molar-refractivity contribution in [3.63, 3.8) is 0 Å². The molecule has 0 aromatic heterocycles. The molecule has 0 N–H and O–H groups in total. The van der Waals surface area contributed by atoms with E-state index in [0.29, 0.717) is 44.4 Å². The fraction of sp³-hybridized carbons (Fsp3) is 0.586. The first-order valence-corrected chi connectivity index (χ1v) is 27.3. The second-order valence-corrected chi connectivity index (χ2v) is 34.6. The van der Waals surface area contributed by atoms with Crippen molar-refractivity contribution in [3.8, 4) is 46.6 Å². The van der Waals surface area contributed by atoms with E-state index in [1.54, 1.807) is 0 Å². The van der Waals surface area contributed by atoms with E-state index < -0.39 is 16.1 Å². The zero-order valence-corrected chi connectivity index (χ0v) is 44.9. The molecule has 0 spiro atoms. The first kappa shape index (κ1) is 52.6. The van der Waals surface area contributed by atoms with E-state index in [-0.39, 0.29) is 21.7 Å². The Morgan fingerprint density at radius 2 is 0.567 bits per heavy atom. The minimum atomic E-state index is -2.08. The smallest absolute Gasteiger partial charge is 0.124 e. The van der Waals surface area contributed by atoms with E-state index >= 15 is 0 Å². The van der Waals surface area contributed by atoms with Gasteiger partial charge in [-0.1, -0.05) is 202 Å². The Morgan fingerprint density at radius 3 is 0.750 bits per heavy atom. The summed E-state index contributed by atoms with van der Waals surface area (Å²) >= 11 is 0. The Bertz CT molecular complexity index is 1930. The first-order valence-electron chi connectivity index (χ1n) is 22.9. The molecular weight excluding hydrogens is 753 g/mol. The highest BCUT2D eigenvalue weighted by atomic mass is 28.3. The van der Waals surface area contributed by atoms with Gasteiger partial charge in [-0.2, -0.15) is 0 Å². The van der Waals surface area contributed by atoms with Gasteiger partial charge in [0.05, 0.1) is 0 Å². The predicted molar refractivity (Wildman–Crippen MR) is 273 cm³/mol. The maximum Gasteiger partial charge on any atom is 0.146 e. The molecule has 0 aliphatic rings. The molecule has 0 unspecified atom stereocenters. The van der Waals surface area contributed by atoms with Crippen LogP contribution in [0.1, 0.15) is 200 Å². The minimum absolute atomic E-state index is 0.0113. The fourth-order valence-electron chi connectivity index (χ4n) is 8.92. The zero-order chi connectivity index (χ0) is 46.4. The minimum Gasteiger partial charge on any atom is -0.124 e. The summed E-state index contributed by atoms with van der Waals surface area (Å²) in [5, 5.41) is 0. The third kappa shape index (κ3) is 13.5. The summed E-state index contributed by atoms with van der Waals surface area (Å²) in [7, 11) is -4.15. The van der Waals surface area contributed by atoms with E-state index in [1.165, 1.54) is 22.3 Å². The summed E-state index contributed by atoms with van der Waals surface area (Å²) in [6.07, 6.45) is 0. The second kappa shape index (κ2) is 20.1. The third-order valence-electron chi connectivity index (χ3n) is 12.8.